The summed E-state index contributed by atoms with van der Waals surface area (Å²) in [5, 5.41) is 3.18. The van der Waals surface area contributed by atoms with E-state index in [4.69, 9.17) is 0 Å². The van der Waals surface area contributed by atoms with E-state index in [1.54, 1.807) is 6.07 Å². The van der Waals surface area contributed by atoms with Crippen molar-refractivity contribution in [2.45, 2.75) is 13.0 Å². The van der Waals surface area contributed by atoms with Crippen LogP contribution in [-0.4, -0.2) is 0 Å². The summed E-state index contributed by atoms with van der Waals surface area (Å²) in [5.41, 5.74) is 1.60. The summed E-state index contributed by atoms with van der Waals surface area (Å²) in [5.74, 6) is -0.256. The van der Waals surface area contributed by atoms with Crippen LogP contribution in [0.25, 0.3) is 0 Å². The number of anilines is 1. The van der Waals surface area contributed by atoms with Crippen LogP contribution in [0.5, 0.6) is 0 Å². The summed E-state index contributed by atoms with van der Waals surface area (Å²) in [7, 11) is 0. The van der Waals surface area contributed by atoms with Crippen LogP contribution in [0.1, 0.15) is 18.5 Å². The molecule has 0 aliphatic heterocycles. The smallest absolute Gasteiger partial charge is 0.147 e. The Balaban J connectivity index is 2.21. The Morgan fingerprint density at radius 2 is 1.72 bits per heavy atom. The Morgan fingerprint density at radius 1 is 1.06 bits per heavy atom. The van der Waals surface area contributed by atoms with Crippen molar-refractivity contribution in [2.75, 3.05) is 5.32 Å². The third kappa shape index (κ3) is 3.12. The Labute approximate surface area is 123 Å². The van der Waals surface area contributed by atoms with Gasteiger partial charge < -0.3 is 5.32 Å². The SMILES string of the molecule is CC(Nc1c(F)cccc1Br)c1ccc(Br)cc1. The zero-order valence-electron chi connectivity index (χ0n) is 9.75. The minimum atomic E-state index is -0.256. The van der Waals surface area contributed by atoms with Gasteiger partial charge in [0.1, 0.15) is 5.82 Å². The van der Waals surface area contributed by atoms with Crippen LogP contribution in [0.15, 0.2) is 51.4 Å². The zero-order chi connectivity index (χ0) is 13.1. The van der Waals surface area contributed by atoms with Crippen LogP contribution < -0.4 is 5.32 Å². The van der Waals surface area contributed by atoms with E-state index in [0.29, 0.717) is 5.69 Å². The van der Waals surface area contributed by atoms with Crippen LogP contribution in [0.3, 0.4) is 0 Å². The van der Waals surface area contributed by atoms with Gasteiger partial charge in [-0.2, -0.15) is 0 Å². The van der Waals surface area contributed by atoms with Crippen molar-refractivity contribution < 1.29 is 4.39 Å². The molecule has 0 radical (unpaired) electrons. The van der Waals surface area contributed by atoms with Gasteiger partial charge in [-0.05, 0) is 52.7 Å². The van der Waals surface area contributed by atoms with Gasteiger partial charge in [0.2, 0.25) is 0 Å². The molecule has 94 valence electrons. The number of hydrogen-bond acceptors (Lipinski definition) is 1. The maximum atomic E-state index is 13.7. The van der Waals surface area contributed by atoms with Crippen LogP contribution in [0.2, 0.25) is 0 Å². The molecule has 0 fully saturated rings. The van der Waals surface area contributed by atoms with Crippen molar-refractivity contribution in [1.29, 1.82) is 0 Å². The largest absolute Gasteiger partial charge is 0.375 e. The molecule has 4 heteroatoms. The topological polar surface area (TPSA) is 12.0 Å². The Hall–Kier alpha value is -0.870. The lowest BCUT2D eigenvalue weighted by molar-refractivity contribution is 0.626. The molecule has 0 aromatic heterocycles. The summed E-state index contributed by atoms with van der Waals surface area (Å²) in [6, 6.07) is 12.9. The highest BCUT2D eigenvalue weighted by Crippen LogP contribution is 2.29. The third-order valence-electron chi connectivity index (χ3n) is 2.69. The first kappa shape index (κ1) is 13.6. The van der Waals surface area contributed by atoms with Gasteiger partial charge in [-0.25, -0.2) is 4.39 Å². The van der Waals surface area contributed by atoms with Gasteiger partial charge in [-0.3, -0.25) is 0 Å². The fourth-order valence-corrected chi connectivity index (χ4v) is 2.41. The lowest BCUT2D eigenvalue weighted by Gasteiger charge is -2.17. The van der Waals surface area contributed by atoms with E-state index in [2.05, 4.69) is 37.2 Å². The maximum absolute atomic E-state index is 13.7. The van der Waals surface area contributed by atoms with Gasteiger partial charge in [0, 0.05) is 15.0 Å². The lowest BCUT2D eigenvalue weighted by atomic mass is 10.1. The second-order valence-electron chi connectivity index (χ2n) is 4.01. The molecule has 0 saturated carbocycles. The monoisotopic (exact) mass is 371 g/mol. The molecule has 1 unspecified atom stereocenters. The van der Waals surface area contributed by atoms with E-state index < -0.39 is 0 Å². The standard InChI is InChI=1S/C14H12Br2FN/c1-9(10-5-7-11(15)8-6-10)18-14-12(16)3-2-4-13(14)17/h2-9,18H,1H3. The fourth-order valence-electron chi connectivity index (χ4n) is 1.69. The van der Waals surface area contributed by atoms with Gasteiger partial charge in [-0.1, -0.05) is 34.1 Å². The number of halogens is 3. The average molecular weight is 373 g/mol. The van der Waals surface area contributed by atoms with Gasteiger partial charge in [0.05, 0.1) is 5.69 Å². The number of nitrogens with one attached hydrogen (secondary N) is 1. The number of para-hydroxylation sites is 1. The summed E-state index contributed by atoms with van der Waals surface area (Å²) >= 11 is 6.75. The molecule has 1 atom stereocenters. The number of rotatable bonds is 3. The number of benzene rings is 2. The van der Waals surface area contributed by atoms with Gasteiger partial charge in [0.25, 0.3) is 0 Å². The molecular formula is C14H12Br2FN. The minimum absolute atomic E-state index is 0.0336. The molecule has 0 amide bonds. The molecule has 2 aromatic rings. The molecule has 0 bridgehead atoms. The molecule has 0 saturated heterocycles. The molecule has 2 rings (SSSR count). The predicted octanol–water partition coefficient (Wildman–Crippen LogP) is 5.52. The van der Waals surface area contributed by atoms with Gasteiger partial charge in [0.15, 0.2) is 0 Å². The Kier molecular flexibility index (Phi) is 4.40. The quantitative estimate of drug-likeness (QED) is 0.747. The Morgan fingerprint density at radius 3 is 2.33 bits per heavy atom. The predicted molar refractivity (Wildman–Crippen MR) is 80.3 cm³/mol. The van der Waals surface area contributed by atoms with Gasteiger partial charge in [-0.15, -0.1) is 0 Å². The van der Waals surface area contributed by atoms with E-state index >= 15 is 0 Å². The average Bonchev–Trinajstić information content (AvgIpc) is 2.34. The molecule has 0 heterocycles. The third-order valence-corrected chi connectivity index (χ3v) is 3.88. The highest BCUT2D eigenvalue weighted by molar-refractivity contribution is 9.10. The summed E-state index contributed by atoms with van der Waals surface area (Å²) in [4.78, 5) is 0. The van der Waals surface area contributed by atoms with E-state index in [1.807, 2.05) is 37.3 Å². The van der Waals surface area contributed by atoms with E-state index in [1.165, 1.54) is 6.07 Å². The number of hydrogen-bond donors (Lipinski definition) is 1. The van der Waals surface area contributed by atoms with Crippen molar-refractivity contribution in [3.05, 3.63) is 62.8 Å². The molecule has 1 N–H and O–H groups in total. The van der Waals surface area contributed by atoms with Crippen LogP contribution in [0, 0.1) is 5.82 Å². The minimum Gasteiger partial charge on any atom is -0.375 e. The summed E-state index contributed by atoms with van der Waals surface area (Å²) in [6.45, 7) is 2.00. The fraction of sp³-hybridized carbons (Fsp3) is 0.143. The summed E-state index contributed by atoms with van der Waals surface area (Å²) < 4.78 is 15.5. The first-order valence-electron chi connectivity index (χ1n) is 5.54. The molecule has 0 aliphatic rings. The lowest BCUT2D eigenvalue weighted by Crippen LogP contribution is -2.08. The van der Waals surface area contributed by atoms with Crippen molar-refractivity contribution in [3.63, 3.8) is 0 Å². The molecule has 2 aromatic carbocycles. The Bertz CT molecular complexity index is 520. The van der Waals surface area contributed by atoms with E-state index in [-0.39, 0.29) is 11.9 Å². The second-order valence-corrected chi connectivity index (χ2v) is 5.78. The molecule has 1 nitrogen and oxygen atoms in total. The van der Waals surface area contributed by atoms with E-state index in [0.717, 1.165) is 14.5 Å². The van der Waals surface area contributed by atoms with Crippen LogP contribution >= 0.6 is 31.9 Å². The molecule has 0 spiro atoms. The van der Waals surface area contributed by atoms with Crippen molar-refractivity contribution in [1.82, 2.24) is 0 Å². The summed E-state index contributed by atoms with van der Waals surface area (Å²) in [6.07, 6.45) is 0. The maximum Gasteiger partial charge on any atom is 0.147 e. The normalized spacial score (nSPS) is 12.2. The van der Waals surface area contributed by atoms with Crippen LogP contribution in [0.4, 0.5) is 10.1 Å². The van der Waals surface area contributed by atoms with Crippen LogP contribution in [-0.2, 0) is 0 Å². The highest BCUT2D eigenvalue weighted by atomic mass is 79.9. The molecular weight excluding hydrogens is 361 g/mol. The molecule has 0 aliphatic carbocycles. The highest BCUT2D eigenvalue weighted by Gasteiger charge is 2.11. The zero-order valence-corrected chi connectivity index (χ0v) is 12.9. The molecule has 18 heavy (non-hydrogen) atoms. The van der Waals surface area contributed by atoms with Crippen molar-refractivity contribution in [2.24, 2.45) is 0 Å². The second kappa shape index (κ2) is 5.85. The van der Waals surface area contributed by atoms with Crippen molar-refractivity contribution in [3.8, 4) is 0 Å². The van der Waals surface area contributed by atoms with E-state index in [9.17, 15) is 4.39 Å². The van der Waals surface area contributed by atoms with Crippen molar-refractivity contribution >= 4 is 37.5 Å². The first-order valence-corrected chi connectivity index (χ1v) is 7.12. The van der Waals surface area contributed by atoms with Gasteiger partial charge >= 0.3 is 0 Å². The first-order chi connectivity index (χ1) is 8.58.